The smallest absolute Gasteiger partial charge is 0.259 e. The van der Waals surface area contributed by atoms with Crippen LogP contribution in [-0.4, -0.2) is 43.1 Å². The van der Waals surface area contributed by atoms with Crippen LogP contribution in [0.25, 0.3) is 0 Å². The highest BCUT2D eigenvalue weighted by atomic mass is 16.5. The molecule has 0 aliphatic carbocycles. The maximum atomic E-state index is 13.2. The predicted molar refractivity (Wildman–Crippen MR) is 108 cm³/mol. The molecular weight excluding hydrogens is 356 g/mol. The SMILES string of the molecule is COc1ccc(N(CN2CCCC2=O)C(=O)c2ccc(OC(C)C)cc2)cc1. The molecule has 2 aromatic carbocycles. The van der Waals surface area contributed by atoms with Crippen LogP contribution in [0.2, 0.25) is 0 Å². The van der Waals surface area contributed by atoms with E-state index in [4.69, 9.17) is 9.47 Å². The van der Waals surface area contributed by atoms with Gasteiger partial charge in [0.25, 0.3) is 5.91 Å². The molecule has 1 saturated heterocycles. The van der Waals surface area contributed by atoms with Gasteiger partial charge in [-0.05, 0) is 68.8 Å². The van der Waals surface area contributed by atoms with Gasteiger partial charge in [-0.15, -0.1) is 0 Å². The molecule has 0 bridgehead atoms. The Morgan fingerprint density at radius 1 is 1.07 bits per heavy atom. The van der Waals surface area contributed by atoms with Crippen molar-refractivity contribution in [1.29, 1.82) is 0 Å². The van der Waals surface area contributed by atoms with E-state index in [-0.39, 0.29) is 24.6 Å². The Morgan fingerprint density at radius 3 is 2.25 bits per heavy atom. The first-order valence-electron chi connectivity index (χ1n) is 9.48. The molecule has 0 N–H and O–H groups in total. The van der Waals surface area contributed by atoms with Crippen LogP contribution in [0.15, 0.2) is 48.5 Å². The quantitative estimate of drug-likeness (QED) is 0.732. The van der Waals surface area contributed by atoms with E-state index in [1.807, 2.05) is 26.0 Å². The van der Waals surface area contributed by atoms with Crippen LogP contribution in [0.5, 0.6) is 11.5 Å². The highest BCUT2D eigenvalue weighted by molar-refractivity contribution is 6.06. The van der Waals surface area contributed by atoms with Gasteiger partial charge in [0.2, 0.25) is 5.91 Å². The summed E-state index contributed by atoms with van der Waals surface area (Å²) in [5.74, 6) is 1.34. The number of methoxy groups -OCH3 is 1. The van der Waals surface area contributed by atoms with Crippen LogP contribution in [0.3, 0.4) is 0 Å². The average molecular weight is 382 g/mol. The third-order valence-corrected chi connectivity index (χ3v) is 4.59. The number of amides is 2. The van der Waals surface area contributed by atoms with Crippen molar-refractivity contribution in [1.82, 2.24) is 4.90 Å². The molecule has 0 saturated carbocycles. The Bertz CT molecular complexity index is 815. The molecular formula is C22H26N2O4. The molecule has 0 spiro atoms. The van der Waals surface area contributed by atoms with E-state index < -0.39 is 0 Å². The standard InChI is InChI=1S/C22H26N2O4/c1-16(2)28-20-10-6-17(7-11-20)22(26)24(15-23-14-4-5-21(23)25)18-8-12-19(27-3)13-9-18/h6-13,16H,4-5,14-15H2,1-3H3. The second-order valence-corrected chi connectivity index (χ2v) is 7.02. The van der Waals surface area contributed by atoms with Crippen LogP contribution in [0.4, 0.5) is 5.69 Å². The molecule has 2 aromatic rings. The molecule has 1 fully saturated rings. The number of anilines is 1. The van der Waals surface area contributed by atoms with Crippen LogP contribution in [-0.2, 0) is 4.79 Å². The minimum Gasteiger partial charge on any atom is -0.497 e. The average Bonchev–Trinajstić information content (AvgIpc) is 3.10. The highest BCUT2D eigenvalue weighted by Crippen LogP contribution is 2.24. The van der Waals surface area contributed by atoms with Crippen molar-refractivity contribution in [2.45, 2.75) is 32.8 Å². The molecule has 0 aromatic heterocycles. The zero-order valence-electron chi connectivity index (χ0n) is 16.6. The summed E-state index contributed by atoms with van der Waals surface area (Å²) in [5.41, 5.74) is 1.26. The molecule has 0 unspecified atom stereocenters. The fraction of sp³-hybridized carbons (Fsp3) is 0.364. The van der Waals surface area contributed by atoms with Crippen molar-refractivity contribution in [3.05, 3.63) is 54.1 Å². The summed E-state index contributed by atoms with van der Waals surface area (Å²) >= 11 is 0. The molecule has 6 heteroatoms. The van der Waals surface area contributed by atoms with E-state index >= 15 is 0 Å². The molecule has 0 atom stereocenters. The summed E-state index contributed by atoms with van der Waals surface area (Å²) in [6, 6.07) is 14.4. The number of carbonyl (C=O) groups excluding carboxylic acids is 2. The van der Waals surface area contributed by atoms with E-state index in [2.05, 4.69) is 0 Å². The fourth-order valence-corrected chi connectivity index (χ4v) is 3.15. The maximum Gasteiger partial charge on any atom is 0.259 e. The van der Waals surface area contributed by atoms with Crippen molar-refractivity contribution in [3.8, 4) is 11.5 Å². The van der Waals surface area contributed by atoms with Gasteiger partial charge in [0.1, 0.15) is 18.2 Å². The molecule has 3 rings (SSSR count). The Hall–Kier alpha value is -3.02. The van der Waals surface area contributed by atoms with Crippen molar-refractivity contribution >= 4 is 17.5 Å². The van der Waals surface area contributed by atoms with Gasteiger partial charge < -0.3 is 14.4 Å². The number of benzene rings is 2. The Labute approximate surface area is 165 Å². The topological polar surface area (TPSA) is 59.1 Å². The van der Waals surface area contributed by atoms with Gasteiger partial charge in [0.05, 0.1) is 13.2 Å². The van der Waals surface area contributed by atoms with E-state index in [1.54, 1.807) is 53.3 Å². The van der Waals surface area contributed by atoms with Crippen molar-refractivity contribution in [2.75, 3.05) is 25.2 Å². The van der Waals surface area contributed by atoms with Crippen LogP contribution >= 0.6 is 0 Å². The molecule has 1 aliphatic heterocycles. The Balaban J connectivity index is 1.85. The van der Waals surface area contributed by atoms with Gasteiger partial charge in [0, 0.05) is 24.2 Å². The van der Waals surface area contributed by atoms with E-state index in [1.165, 1.54) is 0 Å². The number of carbonyl (C=O) groups is 2. The highest BCUT2D eigenvalue weighted by Gasteiger charge is 2.26. The monoisotopic (exact) mass is 382 g/mol. The number of nitrogens with zero attached hydrogens (tertiary/aromatic N) is 2. The lowest BCUT2D eigenvalue weighted by Gasteiger charge is -2.28. The van der Waals surface area contributed by atoms with Crippen LogP contribution < -0.4 is 14.4 Å². The van der Waals surface area contributed by atoms with E-state index in [9.17, 15) is 9.59 Å². The molecule has 2 amide bonds. The zero-order valence-corrected chi connectivity index (χ0v) is 16.6. The van der Waals surface area contributed by atoms with E-state index in [0.717, 1.165) is 12.2 Å². The van der Waals surface area contributed by atoms with Gasteiger partial charge in [-0.2, -0.15) is 0 Å². The van der Waals surface area contributed by atoms with Crippen molar-refractivity contribution in [3.63, 3.8) is 0 Å². The maximum absolute atomic E-state index is 13.2. The van der Waals surface area contributed by atoms with Gasteiger partial charge >= 0.3 is 0 Å². The first-order chi connectivity index (χ1) is 13.5. The lowest BCUT2D eigenvalue weighted by atomic mass is 10.1. The molecule has 148 valence electrons. The molecule has 1 heterocycles. The van der Waals surface area contributed by atoms with Crippen LogP contribution in [0.1, 0.15) is 37.0 Å². The van der Waals surface area contributed by atoms with Gasteiger partial charge in [-0.3, -0.25) is 14.5 Å². The number of rotatable bonds is 7. The number of hydrogen-bond acceptors (Lipinski definition) is 4. The lowest BCUT2D eigenvalue weighted by molar-refractivity contribution is -0.127. The van der Waals surface area contributed by atoms with Crippen molar-refractivity contribution in [2.24, 2.45) is 0 Å². The summed E-state index contributed by atoms with van der Waals surface area (Å²) < 4.78 is 10.9. The summed E-state index contributed by atoms with van der Waals surface area (Å²) in [6.45, 7) is 4.81. The number of hydrogen-bond donors (Lipinski definition) is 0. The van der Waals surface area contributed by atoms with Crippen molar-refractivity contribution < 1.29 is 19.1 Å². The Kier molecular flexibility index (Phi) is 6.19. The zero-order chi connectivity index (χ0) is 20.1. The summed E-state index contributed by atoms with van der Waals surface area (Å²) in [5, 5.41) is 0. The summed E-state index contributed by atoms with van der Waals surface area (Å²) in [6.07, 6.45) is 1.43. The van der Waals surface area contributed by atoms with Crippen LogP contribution in [0, 0.1) is 0 Å². The largest absolute Gasteiger partial charge is 0.497 e. The first kappa shape index (κ1) is 19.7. The number of likely N-dealkylation sites (tertiary alicyclic amines) is 1. The first-order valence-corrected chi connectivity index (χ1v) is 9.48. The molecule has 28 heavy (non-hydrogen) atoms. The molecule has 6 nitrogen and oxygen atoms in total. The summed E-state index contributed by atoms with van der Waals surface area (Å²) in [7, 11) is 1.60. The molecule has 1 aliphatic rings. The second kappa shape index (κ2) is 8.78. The van der Waals surface area contributed by atoms with Gasteiger partial charge in [0.15, 0.2) is 0 Å². The summed E-state index contributed by atoms with van der Waals surface area (Å²) in [4.78, 5) is 28.7. The second-order valence-electron chi connectivity index (χ2n) is 7.02. The minimum absolute atomic E-state index is 0.0681. The minimum atomic E-state index is -0.166. The fourth-order valence-electron chi connectivity index (χ4n) is 3.15. The molecule has 0 radical (unpaired) electrons. The Morgan fingerprint density at radius 2 is 1.71 bits per heavy atom. The number of ether oxygens (including phenoxy) is 2. The van der Waals surface area contributed by atoms with Gasteiger partial charge in [-0.25, -0.2) is 0 Å². The third-order valence-electron chi connectivity index (χ3n) is 4.59. The normalized spacial score (nSPS) is 13.7. The lowest BCUT2D eigenvalue weighted by Crippen LogP contribution is -2.42. The van der Waals surface area contributed by atoms with E-state index in [0.29, 0.717) is 30.0 Å². The van der Waals surface area contributed by atoms with Gasteiger partial charge in [-0.1, -0.05) is 0 Å². The third kappa shape index (κ3) is 4.63. The predicted octanol–water partition coefficient (Wildman–Crippen LogP) is 3.71.